The van der Waals surface area contributed by atoms with Crippen molar-refractivity contribution in [1.82, 2.24) is 9.88 Å². The molecule has 0 spiro atoms. The van der Waals surface area contributed by atoms with Gasteiger partial charge in [0.15, 0.2) is 0 Å². The van der Waals surface area contributed by atoms with Crippen LogP contribution in [0.2, 0.25) is 0 Å². The van der Waals surface area contributed by atoms with Crippen molar-refractivity contribution >= 4 is 11.7 Å². The number of methoxy groups -OCH3 is 1. The number of para-hydroxylation sites is 1. The minimum Gasteiger partial charge on any atom is -0.496 e. The zero-order valence-electron chi connectivity index (χ0n) is 15.1. The number of nitrogens with zero attached hydrogens (tertiary/aromatic N) is 3. The molecule has 1 aromatic heterocycles. The lowest BCUT2D eigenvalue weighted by Crippen LogP contribution is -2.32. The van der Waals surface area contributed by atoms with E-state index in [0.29, 0.717) is 6.42 Å². The van der Waals surface area contributed by atoms with Gasteiger partial charge in [0.2, 0.25) is 5.91 Å². The highest BCUT2D eigenvalue weighted by Gasteiger charge is 2.30. The van der Waals surface area contributed by atoms with Crippen LogP contribution in [-0.2, 0) is 11.2 Å². The molecule has 132 valence electrons. The molecule has 2 heterocycles. The van der Waals surface area contributed by atoms with E-state index in [4.69, 9.17) is 4.74 Å². The summed E-state index contributed by atoms with van der Waals surface area (Å²) in [6, 6.07) is 12.0. The number of carbonyl (C=O) groups excluding carboxylic acids is 1. The molecule has 5 heteroatoms. The molecule has 0 saturated carbocycles. The van der Waals surface area contributed by atoms with Crippen molar-refractivity contribution in [3.05, 3.63) is 53.7 Å². The Morgan fingerprint density at radius 2 is 2.12 bits per heavy atom. The van der Waals surface area contributed by atoms with E-state index in [-0.39, 0.29) is 11.9 Å². The molecule has 1 aromatic carbocycles. The van der Waals surface area contributed by atoms with E-state index in [1.54, 1.807) is 7.11 Å². The normalized spacial score (nSPS) is 16.8. The molecule has 1 fully saturated rings. The lowest BCUT2D eigenvalue weighted by Gasteiger charge is -2.26. The van der Waals surface area contributed by atoms with Gasteiger partial charge >= 0.3 is 0 Å². The van der Waals surface area contributed by atoms with E-state index in [1.807, 2.05) is 60.4 Å². The molecule has 1 unspecified atom stereocenters. The van der Waals surface area contributed by atoms with E-state index in [1.165, 1.54) is 0 Å². The summed E-state index contributed by atoms with van der Waals surface area (Å²) in [6.07, 6.45) is 4.22. The molecule has 5 nitrogen and oxygen atoms in total. The quantitative estimate of drug-likeness (QED) is 0.840. The van der Waals surface area contributed by atoms with Crippen LogP contribution in [0.4, 0.5) is 5.82 Å². The van der Waals surface area contributed by atoms with E-state index in [2.05, 4.69) is 11.1 Å². The first-order chi connectivity index (χ1) is 12.1. The van der Waals surface area contributed by atoms with Crippen LogP contribution in [0.25, 0.3) is 0 Å². The van der Waals surface area contributed by atoms with Crippen molar-refractivity contribution in [2.45, 2.75) is 25.3 Å². The summed E-state index contributed by atoms with van der Waals surface area (Å²) in [5, 5.41) is 0. The molecule has 0 bridgehead atoms. The number of aromatic nitrogens is 1. The summed E-state index contributed by atoms with van der Waals surface area (Å²) in [5.41, 5.74) is 2.09. The highest BCUT2D eigenvalue weighted by Crippen LogP contribution is 2.33. The topological polar surface area (TPSA) is 45.7 Å². The number of pyridine rings is 1. The molecule has 3 rings (SSSR count). The Balaban J connectivity index is 1.79. The lowest BCUT2D eigenvalue weighted by atomic mass is 10.0. The van der Waals surface area contributed by atoms with Crippen LogP contribution in [-0.4, -0.2) is 43.5 Å². The van der Waals surface area contributed by atoms with E-state index in [9.17, 15) is 4.79 Å². The standard InChI is InChI=1S/C20H25N3O2/c1-22(2)19-13-15(10-11-21-19)17-8-6-12-23(17)20(24)14-16-7-4-5-9-18(16)25-3/h4-5,7,9-11,13,17H,6,8,12,14H2,1-3H3. The highest BCUT2D eigenvalue weighted by atomic mass is 16.5. The fourth-order valence-corrected chi connectivity index (χ4v) is 3.41. The number of hydrogen-bond acceptors (Lipinski definition) is 4. The van der Waals surface area contributed by atoms with Gasteiger partial charge < -0.3 is 14.5 Å². The Labute approximate surface area is 149 Å². The predicted molar refractivity (Wildman–Crippen MR) is 99.0 cm³/mol. The highest BCUT2D eigenvalue weighted by molar-refractivity contribution is 5.80. The number of benzene rings is 1. The lowest BCUT2D eigenvalue weighted by molar-refractivity contribution is -0.131. The van der Waals surface area contributed by atoms with Crippen molar-refractivity contribution in [2.24, 2.45) is 0 Å². The SMILES string of the molecule is COc1ccccc1CC(=O)N1CCCC1c1ccnc(N(C)C)c1. The third kappa shape index (κ3) is 3.76. The Morgan fingerprint density at radius 3 is 2.88 bits per heavy atom. The van der Waals surface area contributed by atoms with Gasteiger partial charge in [0.25, 0.3) is 0 Å². The van der Waals surface area contributed by atoms with Gasteiger partial charge in [0.05, 0.1) is 19.6 Å². The van der Waals surface area contributed by atoms with Gasteiger partial charge in [-0.05, 0) is 36.6 Å². The summed E-state index contributed by atoms with van der Waals surface area (Å²) in [5.74, 6) is 1.84. The van der Waals surface area contributed by atoms with Crippen molar-refractivity contribution in [3.8, 4) is 5.75 Å². The number of anilines is 1. The predicted octanol–water partition coefficient (Wildman–Crippen LogP) is 3.06. The van der Waals surface area contributed by atoms with Crippen LogP contribution in [0.1, 0.15) is 30.0 Å². The third-order valence-electron chi connectivity index (χ3n) is 4.72. The molecular formula is C20H25N3O2. The maximum absolute atomic E-state index is 12.9. The summed E-state index contributed by atoms with van der Waals surface area (Å²) in [4.78, 5) is 21.3. The molecule has 25 heavy (non-hydrogen) atoms. The first-order valence-electron chi connectivity index (χ1n) is 8.65. The second-order valence-electron chi connectivity index (χ2n) is 6.58. The molecular weight excluding hydrogens is 314 g/mol. The molecule has 2 aromatic rings. The fraction of sp³-hybridized carbons (Fsp3) is 0.400. The minimum absolute atomic E-state index is 0.129. The summed E-state index contributed by atoms with van der Waals surface area (Å²) < 4.78 is 5.38. The van der Waals surface area contributed by atoms with Crippen LogP contribution in [0, 0.1) is 0 Å². The molecule has 1 amide bonds. The molecule has 1 aliphatic rings. The largest absolute Gasteiger partial charge is 0.496 e. The number of ether oxygens (including phenoxy) is 1. The van der Waals surface area contributed by atoms with Gasteiger partial charge in [-0.15, -0.1) is 0 Å². The molecule has 1 aliphatic heterocycles. The van der Waals surface area contributed by atoms with Gasteiger partial charge in [0.1, 0.15) is 11.6 Å². The number of likely N-dealkylation sites (tertiary alicyclic amines) is 1. The first kappa shape index (κ1) is 17.3. The van der Waals surface area contributed by atoms with Crippen LogP contribution >= 0.6 is 0 Å². The Bertz CT molecular complexity index is 745. The third-order valence-corrected chi connectivity index (χ3v) is 4.72. The van der Waals surface area contributed by atoms with Crippen LogP contribution in [0.15, 0.2) is 42.6 Å². The summed E-state index contributed by atoms with van der Waals surface area (Å²) in [6.45, 7) is 0.804. The van der Waals surface area contributed by atoms with Gasteiger partial charge in [-0.2, -0.15) is 0 Å². The minimum atomic E-state index is 0.129. The second-order valence-corrected chi connectivity index (χ2v) is 6.58. The Hall–Kier alpha value is -2.56. The van der Waals surface area contributed by atoms with E-state index in [0.717, 1.165) is 42.1 Å². The monoisotopic (exact) mass is 339 g/mol. The maximum Gasteiger partial charge on any atom is 0.227 e. The molecule has 0 aliphatic carbocycles. The van der Waals surface area contributed by atoms with Gasteiger partial charge in [-0.1, -0.05) is 18.2 Å². The van der Waals surface area contributed by atoms with Crippen molar-refractivity contribution < 1.29 is 9.53 Å². The van der Waals surface area contributed by atoms with Gasteiger partial charge in [0, 0.05) is 32.4 Å². The number of amides is 1. The van der Waals surface area contributed by atoms with E-state index >= 15 is 0 Å². The molecule has 1 atom stereocenters. The number of carbonyl (C=O) groups is 1. The average molecular weight is 339 g/mol. The molecule has 1 saturated heterocycles. The summed E-state index contributed by atoms with van der Waals surface area (Å²) in [7, 11) is 5.60. The van der Waals surface area contributed by atoms with E-state index < -0.39 is 0 Å². The fourth-order valence-electron chi connectivity index (χ4n) is 3.41. The Kier molecular flexibility index (Phi) is 5.22. The van der Waals surface area contributed by atoms with Crippen molar-refractivity contribution in [1.29, 1.82) is 0 Å². The van der Waals surface area contributed by atoms with Gasteiger partial charge in [-0.3, -0.25) is 4.79 Å². The van der Waals surface area contributed by atoms with Gasteiger partial charge in [-0.25, -0.2) is 4.98 Å². The van der Waals surface area contributed by atoms with Crippen LogP contribution in [0.3, 0.4) is 0 Å². The van der Waals surface area contributed by atoms with Crippen LogP contribution < -0.4 is 9.64 Å². The molecule has 0 N–H and O–H groups in total. The number of rotatable bonds is 5. The Morgan fingerprint density at radius 1 is 1.32 bits per heavy atom. The average Bonchev–Trinajstić information content (AvgIpc) is 3.12. The maximum atomic E-state index is 12.9. The van der Waals surface area contributed by atoms with Crippen LogP contribution in [0.5, 0.6) is 5.75 Å². The zero-order chi connectivity index (χ0) is 17.8. The number of hydrogen-bond donors (Lipinski definition) is 0. The molecule has 0 radical (unpaired) electrons. The zero-order valence-corrected chi connectivity index (χ0v) is 15.1. The van der Waals surface area contributed by atoms with Crippen molar-refractivity contribution in [3.63, 3.8) is 0 Å². The summed E-state index contributed by atoms with van der Waals surface area (Å²) >= 11 is 0. The van der Waals surface area contributed by atoms with Crippen molar-refractivity contribution in [2.75, 3.05) is 32.6 Å². The second kappa shape index (κ2) is 7.55. The smallest absolute Gasteiger partial charge is 0.227 e. The first-order valence-corrected chi connectivity index (χ1v) is 8.65.